The molecule has 1 aromatic carbocycles. The monoisotopic (exact) mass is 382 g/mol. The van der Waals surface area contributed by atoms with Crippen LogP contribution in [0.25, 0.3) is 5.65 Å². The lowest BCUT2D eigenvalue weighted by atomic mass is 9.97. The van der Waals surface area contributed by atoms with Gasteiger partial charge < -0.3 is 13.9 Å². The topological polar surface area (TPSA) is 52.8 Å². The maximum absolute atomic E-state index is 14.0. The van der Waals surface area contributed by atoms with E-state index in [0.29, 0.717) is 18.3 Å². The van der Waals surface area contributed by atoms with Crippen LogP contribution in [0.2, 0.25) is 0 Å². The first-order valence-corrected chi connectivity index (χ1v) is 9.65. The summed E-state index contributed by atoms with van der Waals surface area (Å²) >= 11 is 0. The van der Waals surface area contributed by atoms with Gasteiger partial charge in [-0.1, -0.05) is 12.1 Å². The highest BCUT2D eigenvalue weighted by atomic mass is 19.1. The van der Waals surface area contributed by atoms with E-state index in [0.717, 1.165) is 43.0 Å². The number of ether oxygens (including phenoxy) is 2. The van der Waals surface area contributed by atoms with E-state index in [4.69, 9.17) is 14.5 Å². The number of fused-ring (bicyclic) bond motifs is 1. The van der Waals surface area contributed by atoms with Gasteiger partial charge in [-0.25, -0.2) is 9.37 Å². The van der Waals surface area contributed by atoms with Crippen LogP contribution in [0.5, 0.6) is 5.75 Å². The van der Waals surface area contributed by atoms with Crippen LogP contribution in [0.15, 0.2) is 42.7 Å². The fraction of sp³-hybridized carbons (Fsp3) is 0.364. The summed E-state index contributed by atoms with van der Waals surface area (Å²) in [5.74, 6) is 0.218. The first-order valence-electron chi connectivity index (χ1n) is 9.65. The molecule has 0 spiro atoms. The lowest BCUT2D eigenvalue weighted by molar-refractivity contribution is 0.0846. The number of ketones is 1. The van der Waals surface area contributed by atoms with Gasteiger partial charge in [0.05, 0.1) is 17.9 Å². The number of pyridine rings is 1. The van der Waals surface area contributed by atoms with Crippen molar-refractivity contribution in [2.24, 2.45) is 0 Å². The number of nitrogens with zero attached hydrogens (tertiary/aromatic N) is 2. The minimum atomic E-state index is -0.504. The van der Waals surface area contributed by atoms with Crippen LogP contribution in [-0.4, -0.2) is 35.0 Å². The summed E-state index contributed by atoms with van der Waals surface area (Å²) in [6, 6.07) is 7.91. The second kappa shape index (κ2) is 8.10. The number of aromatic nitrogens is 2. The fourth-order valence-corrected chi connectivity index (χ4v) is 3.65. The standard InChI is InChI=1S/C22H23FN2O3/c1-2-28-21-12-22-24-19(15-7-9-27-10-8-15)14-25(22)13-16(21)11-20(26)17-5-3-4-6-18(17)23/h3-6,12-15H,2,7-11H2,1H3. The number of benzene rings is 1. The summed E-state index contributed by atoms with van der Waals surface area (Å²) in [5, 5.41) is 0. The van der Waals surface area contributed by atoms with Crippen molar-refractivity contribution >= 4 is 11.4 Å². The zero-order chi connectivity index (χ0) is 19.5. The first-order chi connectivity index (χ1) is 13.7. The predicted molar refractivity (Wildman–Crippen MR) is 104 cm³/mol. The van der Waals surface area contributed by atoms with E-state index < -0.39 is 5.82 Å². The summed E-state index contributed by atoms with van der Waals surface area (Å²) in [5.41, 5.74) is 2.63. The van der Waals surface area contributed by atoms with Gasteiger partial charge in [0.25, 0.3) is 0 Å². The van der Waals surface area contributed by atoms with Gasteiger partial charge in [-0.15, -0.1) is 0 Å². The molecule has 1 aliphatic rings. The van der Waals surface area contributed by atoms with Crippen molar-refractivity contribution in [3.05, 3.63) is 65.4 Å². The van der Waals surface area contributed by atoms with Crippen LogP contribution in [0.1, 0.15) is 47.3 Å². The highest BCUT2D eigenvalue weighted by Crippen LogP contribution is 2.29. The molecule has 1 saturated heterocycles. The van der Waals surface area contributed by atoms with Crippen LogP contribution in [0, 0.1) is 5.82 Å². The van der Waals surface area contributed by atoms with E-state index in [2.05, 4.69) is 0 Å². The molecule has 6 heteroatoms. The minimum Gasteiger partial charge on any atom is -0.493 e. The lowest BCUT2D eigenvalue weighted by Gasteiger charge is -2.19. The molecule has 0 bridgehead atoms. The lowest BCUT2D eigenvalue weighted by Crippen LogP contribution is -2.14. The van der Waals surface area contributed by atoms with Crippen LogP contribution in [0.3, 0.4) is 0 Å². The van der Waals surface area contributed by atoms with E-state index >= 15 is 0 Å². The summed E-state index contributed by atoms with van der Waals surface area (Å²) in [6.45, 7) is 3.88. The number of imidazole rings is 1. The fourth-order valence-electron chi connectivity index (χ4n) is 3.65. The summed E-state index contributed by atoms with van der Waals surface area (Å²) in [6.07, 6.45) is 5.87. The predicted octanol–water partition coefficient (Wildman–Crippen LogP) is 4.19. The Bertz CT molecular complexity index is 993. The van der Waals surface area contributed by atoms with Gasteiger partial charge >= 0.3 is 0 Å². The summed E-state index contributed by atoms with van der Waals surface area (Å²) in [4.78, 5) is 17.4. The highest BCUT2D eigenvalue weighted by Gasteiger charge is 2.20. The van der Waals surface area contributed by atoms with Crippen molar-refractivity contribution < 1.29 is 18.7 Å². The van der Waals surface area contributed by atoms with Crippen LogP contribution < -0.4 is 4.74 Å². The number of hydrogen-bond acceptors (Lipinski definition) is 4. The third-order valence-corrected chi connectivity index (χ3v) is 5.12. The van der Waals surface area contributed by atoms with Gasteiger partial charge in [-0.05, 0) is 31.9 Å². The molecule has 3 heterocycles. The van der Waals surface area contributed by atoms with Gasteiger partial charge in [0.15, 0.2) is 5.78 Å². The maximum atomic E-state index is 14.0. The van der Waals surface area contributed by atoms with Gasteiger partial charge in [-0.3, -0.25) is 4.79 Å². The number of rotatable bonds is 6. The van der Waals surface area contributed by atoms with Crippen LogP contribution >= 0.6 is 0 Å². The number of halogens is 1. The van der Waals surface area contributed by atoms with E-state index in [1.54, 1.807) is 12.1 Å². The average molecular weight is 382 g/mol. The number of Topliss-reactive ketones (excluding diaryl/α,β-unsaturated/α-hetero) is 1. The van der Waals surface area contributed by atoms with Crippen molar-refractivity contribution in [3.8, 4) is 5.75 Å². The smallest absolute Gasteiger partial charge is 0.170 e. The Kier molecular flexibility index (Phi) is 5.39. The Hall–Kier alpha value is -2.73. The second-order valence-corrected chi connectivity index (χ2v) is 6.99. The van der Waals surface area contributed by atoms with E-state index in [-0.39, 0.29) is 17.8 Å². The van der Waals surface area contributed by atoms with Gasteiger partial charge in [-0.2, -0.15) is 0 Å². The molecule has 146 valence electrons. The Morgan fingerprint density at radius 2 is 2.07 bits per heavy atom. The molecule has 5 nitrogen and oxygen atoms in total. The maximum Gasteiger partial charge on any atom is 0.170 e. The van der Waals surface area contributed by atoms with Crippen molar-refractivity contribution in [1.82, 2.24) is 9.38 Å². The Morgan fingerprint density at radius 3 is 2.82 bits per heavy atom. The molecule has 1 fully saturated rings. The van der Waals surface area contributed by atoms with Crippen molar-refractivity contribution in [2.75, 3.05) is 19.8 Å². The van der Waals surface area contributed by atoms with Crippen LogP contribution in [-0.2, 0) is 11.2 Å². The molecular formula is C22H23FN2O3. The molecule has 2 aromatic heterocycles. The molecule has 0 saturated carbocycles. The van der Waals surface area contributed by atoms with E-state index in [1.165, 1.54) is 12.1 Å². The quantitative estimate of drug-likeness (QED) is 0.600. The van der Waals surface area contributed by atoms with E-state index in [9.17, 15) is 9.18 Å². The first kappa shape index (κ1) is 18.6. The Morgan fingerprint density at radius 1 is 1.29 bits per heavy atom. The van der Waals surface area contributed by atoms with Crippen molar-refractivity contribution in [1.29, 1.82) is 0 Å². The summed E-state index contributed by atoms with van der Waals surface area (Å²) in [7, 11) is 0. The molecule has 1 aliphatic heterocycles. The average Bonchev–Trinajstić information content (AvgIpc) is 3.12. The number of hydrogen-bond donors (Lipinski definition) is 0. The Balaban J connectivity index is 1.67. The largest absolute Gasteiger partial charge is 0.493 e. The molecule has 0 aliphatic carbocycles. The van der Waals surface area contributed by atoms with Gasteiger partial charge in [0.1, 0.15) is 17.2 Å². The van der Waals surface area contributed by atoms with Crippen molar-refractivity contribution in [2.45, 2.75) is 32.1 Å². The molecule has 3 aromatic rings. The third kappa shape index (κ3) is 3.78. The zero-order valence-electron chi connectivity index (χ0n) is 15.9. The SMILES string of the molecule is CCOc1cc2nc(C3CCOCC3)cn2cc1CC(=O)c1ccccc1F. The highest BCUT2D eigenvalue weighted by molar-refractivity contribution is 5.98. The van der Waals surface area contributed by atoms with Gasteiger partial charge in [0, 0.05) is 49.6 Å². The van der Waals surface area contributed by atoms with Crippen LogP contribution in [0.4, 0.5) is 4.39 Å². The summed E-state index contributed by atoms with van der Waals surface area (Å²) < 4.78 is 27.1. The Labute approximate surface area is 163 Å². The minimum absolute atomic E-state index is 0.0665. The number of carbonyl (C=O) groups is 1. The molecule has 0 radical (unpaired) electrons. The van der Waals surface area contributed by atoms with Gasteiger partial charge in [0.2, 0.25) is 0 Å². The molecule has 0 atom stereocenters. The van der Waals surface area contributed by atoms with E-state index in [1.807, 2.05) is 29.8 Å². The zero-order valence-corrected chi connectivity index (χ0v) is 15.9. The number of carbonyl (C=O) groups excluding carboxylic acids is 1. The second-order valence-electron chi connectivity index (χ2n) is 6.99. The molecule has 0 unspecified atom stereocenters. The molecule has 28 heavy (non-hydrogen) atoms. The molecular weight excluding hydrogens is 359 g/mol. The third-order valence-electron chi connectivity index (χ3n) is 5.12. The van der Waals surface area contributed by atoms with Crippen molar-refractivity contribution in [3.63, 3.8) is 0 Å². The molecule has 4 rings (SSSR count). The molecule has 0 N–H and O–H groups in total. The normalized spacial score (nSPS) is 15.1. The molecule has 0 amide bonds.